The number of hydrogen-bond acceptors (Lipinski definition) is 3. The monoisotopic (exact) mass is 336 g/mol. The Morgan fingerprint density at radius 3 is 3.00 bits per heavy atom. The summed E-state index contributed by atoms with van der Waals surface area (Å²) in [6, 6.07) is 4.49. The van der Waals surface area contributed by atoms with E-state index in [0.29, 0.717) is 38.8 Å². The first-order valence-electron chi connectivity index (χ1n) is 8.69. The van der Waals surface area contributed by atoms with Gasteiger partial charge in [0.25, 0.3) is 0 Å². The zero-order valence-electron chi connectivity index (χ0n) is 14.1. The standard InChI is InChI=1S/C18H25FN2O3/c1-13(20-18(22)21-7-2-9-23-10-8-21)15-5-6-17(16(19)11-15)24-12-14-3-4-14/h5-6,11,13-14H,2-4,7-10,12H2,1H3,(H,20,22). The van der Waals surface area contributed by atoms with Gasteiger partial charge in [-0.1, -0.05) is 6.07 Å². The number of urea groups is 1. The Hall–Kier alpha value is -1.82. The Balaban J connectivity index is 1.56. The molecule has 0 aromatic heterocycles. The summed E-state index contributed by atoms with van der Waals surface area (Å²) in [5, 5.41) is 2.92. The number of carbonyl (C=O) groups excluding carboxylic acids is 1. The minimum absolute atomic E-state index is 0.137. The van der Waals surface area contributed by atoms with Gasteiger partial charge >= 0.3 is 6.03 Å². The van der Waals surface area contributed by atoms with Crippen LogP contribution >= 0.6 is 0 Å². The highest BCUT2D eigenvalue weighted by Crippen LogP contribution is 2.30. The molecule has 1 unspecified atom stereocenters. The predicted molar refractivity (Wildman–Crippen MR) is 88.6 cm³/mol. The number of hydrogen-bond donors (Lipinski definition) is 1. The highest BCUT2D eigenvalue weighted by atomic mass is 19.1. The summed E-state index contributed by atoms with van der Waals surface area (Å²) in [4.78, 5) is 14.1. The molecule has 1 aromatic carbocycles. The van der Waals surface area contributed by atoms with Gasteiger partial charge < -0.3 is 19.7 Å². The average Bonchev–Trinajstić information content (AvgIpc) is 3.40. The van der Waals surface area contributed by atoms with Crippen LogP contribution in [0.25, 0.3) is 0 Å². The predicted octanol–water partition coefficient (Wildman–Crippen LogP) is 3.11. The van der Waals surface area contributed by atoms with E-state index in [1.165, 1.54) is 18.9 Å². The van der Waals surface area contributed by atoms with Gasteiger partial charge in [0.2, 0.25) is 0 Å². The van der Waals surface area contributed by atoms with Crippen LogP contribution in [0.5, 0.6) is 5.75 Å². The summed E-state index contributed by atoms with van der Waals surface area (Å²) >= 11 is 0. The Morgan fingerprint density at radius 2 is 2.25 bits per heavy atom. The van der Waals surface area contributed by atoms with Gasteiger partial charge in [-0.05, 0) is 49.8 Å². The number of ether oxygens (including phenoxy) is 2. The second-order valence-corrected chi connectivity index (χ2v) is 6.57. The summed E-state index contributed by atoms with van der Waals surface area (Å²) in [6.45, 7) is 4.95. The van der Waals surface area contributed by atoms with Crippen molar-refractivity contribution >= 4 is 6.03 Å². The second-order valence-electron chi connectivity index (χ2n) is 6.57. The summed E-state index contributed by atoms with van der Waals surface area (Å²) < 4.78 is 25.0. The van der Waals surface area contributed by atoms with Gasteiger partial charge in [0, 0.05) is 19.7 Å². The third kappa shape index (κ3) is 4.60. The molecule has 1 N–H and O–H groups in total. The molecule has 24 heavy (non-hydrogen) atoms. The summed E-state index contributed by atoms with van der Waals surface area (Å²) in [6.07, 6.45) is 3.18. The molecule has 6 heteroatoms. The minimum atomic E-state index is -0.377. The zero-order valence-corrected chi connectivity index (χ0v) is 14.1. The lowest BCUT2D eigenvalue weighted by molar-refractivity contribution is 0.142. The van der Waals surface area contributed by atoms with Crippen LogP contribution in [-0.2, 0) is 4.74 Å². The molecule has 1 aromatic rings. The summed E-state index contributed by atoms with van der Waals surface area (Å²) in [5.41, 5.74) is 0.727. The van der Waals surface area contributed by atoms with E-state index < -0.39 is 0 Å². The van der Waals surface area contributed by atoms with Crippen molar-refractivity contribution in [3.8, 4) is 5.75 Å². The maximum absolute atomic E-state index is 14.2. The van der Waals surface area contributed by atoms with Crippen LogP contribution in [0.2, 0.25) is 0 Å². The van der Waals surface area contributed by atoms with E-state index >= 15 is 0 Å². The van der Waals surface area contributed by atoms with E-state index in [9.17, 15) is 9.18 Å². The van der Waals surface area contributed by atoms with Crippen LogP contribution in [0.3, 0.4) is 0 Å². The average molecular weight is 336 g/mol. The van der Waals surface area contributed by atoms with Crippen molar-refractivity contribution in [2.24, 2.45) is 5.92 Å². The molecule has 1 aliphatic carbocycles. The van der Waals surface area contributed by atoms with Crippen LogP contribution < -0.4 is 10.1 Å². The smallest absolute Gasteiger partial charge is 0.317 e. The molecule has 1 heterocycles. The highest BCUT2D eigenvalue weighted by Gasteiger charge is 2.23. The van der Waals surface area contributed by atoms with Gasteiger partial charge in [-0.25, -0.2) is 9.18 Å². The van der Waals surface area contributed by atoms with Gasteiger partial charge in [0.15, 0.2) is 11.6 Å². The van der Waals surface area contributed by atoms with E-state index in [2.05, 4.69) is 5.32 Å². The molecule has 1 saturated heterocycles. The Labute approximate surface area is 142 Å². The van der Waals surface area contributed by atoms with Crippen LogP contribution in [0.15, 0.2) is 18.2 Å². The first-order valence-corrected chi connectivity index (χ1v) is 8.69. The number of nitrogens with zero attached hydrogens (tertiary/aromatic N) is 1. The number of halogens is 1. The van der Waals surface area contributed by atoms with E-state index in [1.54, 1.807) is 11.0 Å². The van der Waals surface area contributed by atoms with Crippen LogP contribution in [-0.4, -0.2) is 43.8 Å². The van der Waals surface area contributed by atoms with E-state index in [-0.39, 0.29) is 23.6 Å². The van der Waals surface area contributed by atoms with E-state index in [0.717, 1.165) is 12.0 Å². The number of nitrogens with one attached hydrogen (secondary N) is 1. The van der Waals surface area contributed by atoms with E-state index in [4.69, 9.17) is 9.47 Å². The molecule has 132 valence electrons. The molecule has 3 rings (SSSR count). The molecule has 1 atom stereocenters. The topological polar surface area (TPSA) is 50.8 Å². The SMILES string of the molecule is CC(NC(=O)N1CCCOCC1)c1ccc(OCC2CC2)c(F)c1. The lowest BCUT2D eigenvalue weighted by Crippen LogP contribution is -2.42. The zero-order chi connectivity index (χ0) is 16.9. The minimum Gasteiger partial charge on any atom is -0.490 e. The van der Waals surface area contributed by atoms with Gasteiger partial charge in [-0.15, -0.1) is 0 Å². The Morgan fingerprint density at radius 1 is 1.42 bits per heavy atom. The number of benzene rings is 1. The molecule has 0 radical (unpaired) electrons. The first kappa shape index (κ1) is 17.0. The molecular formula is C18H25FN2O3. The molecule has 0 spiro atoms. The molecule has 5 nitrogen and oxygen atoms in total. The highest BCUT2D eigenvalue weighted by molar-refractivity contribution is 5.74. The summed E-state index contributed by atoms with van der Waals surface area (Å²) in [7, 11) is 0. The van der Waals surface area contributed by atoms with Gasteiger partial charge in [0.05, 0.1) is 19.3 Å². The molecule has 2 amide bonds. The van der Waals surface area contributed by atoms with Crippen molar-refractivity contribution in [3.63, 3.8) is 0 Å². The van der Waals surface area contributed by atoms with Crippen molar-refractivity contribution in [2.45, 2.75) is 32.2 Å². The molecular weight excluding hydrogens is 311 g/mol. The number of rotatable bonds is 5. The molecule has 2 fully saturated rings. The quantitative estimate of drug-likeness (QED) is 0.899. The largest absolute Gasteiger partial charge is 0.490 e. The Bertz CT molecular complexity index is 569. The van der Waals surface area contributed by atoms with Crippen LogP contribution in [0, 0.1) is 11.7 Å². The molecule has 1 aliphatic heterocycles. The maximum Gasteiger partial charge on any atom is 0.317 e. The second kappa shape index (κ2) is 7.83. The van der Waals surface area contributed by atoms with Gasteiger partial charge in [-0.3, -0.25) is 0 Å². The van der Waals surface area contributed by atoms with E-state index in [1.807, 2.05) is 13.0 Å². The number of carbonyl (C=O) groups is 1. The normalized spacial score (nSPS) is 19.5. The van der Waals surface area contributed by atoms with Crippen molar-refractivity contribution in [3.05, 3.63) is 29.6 Å². The lowest BCUT2D eigenvalue weighted by Gasteiger charge is -2.23. The maximum atomic E-state index is 14.2. The first-order chi connectivity index (χ1) is 11.6. The van der Waals surface area contributed by atoms with Crippen molar-refractivity contribution < 1.29 is 18.7 Å². The molecule has 0 bridgehead atoms. The van der Waals surface area contributed by atoms with Crippen LogP contribution in [0.1, 0.15) is 37.8 Å². The van der Waals surface area contributed by atoms with Crippen molar-refractivity contribution in [1.82, 2.24) is 10.2 Å². The molecule has 2 aliphatic rings. The summed E-state index contributed by atoms with van der Waals surface area (Å²) in [5.74, 6) is 0.492. The fraction of sp³-hybridized carbons (Fsp3) is 0.611. The Kier molecular flexibility index (Phi) is 5.56. The fourth-order valence-electron chi connectivity index (χ4n) is 2.70. The third-order valence-corrected chi connectivity index (χ3v) is 4.48. The van der Waals surface area contributed by atoms with Gasteiger partial charge in [0.1, 0.15) is 0 Å². The van der Waals surface area contributed by atoms with Crippen molar-refractivity contribution in [1.29, 1.82) is 0 Å². The third-order valence-electron chi connectivity index (χ3n) is 4.48. The number of amides is 2. The molecule has 1 saturated carbocycles. The van der Waals surface area contributed by atoms with Crippen LogP contribution in [0.4, 0.5) is 9.18 Å². The fourth-order valence-corrected chi connectivity index (χ4v) is 2.70. The van der Waals surface area contributed by atoms with Gasteiger partial charge in [-0.2, -0.15) is 0 Å². The van der Waals surface area contributed by atoms with Crippen molar-refractivity contribution in [2.75, 3.05) is 32.9 Å². The lowest BCUT2D eigenvalue weighted by atomic mass is 10.1.